The highest BCUT2D eigenvalue weighted by molar-refractivity contribution is 5.79. The maximum Gasteiger partial charge on any atom is 0.266 e. The zero-order valence-electron chi connectivity index (χ0n) is 15.5. The van der Waals surface area contributed by atoms with E-state index in [4.69, 9.17) is 4.74 Å². The first kappa shape index (κ1) is 18.1. The summed E-state index contributed by atoms with van der Waals surface area (Å²) in [6.45, 7) is 8.86. The van der Waals surface area contributed by atoms with E-state index in [1.54, 1.807) is 16.8 Å². The molecule has 1 unspecified atom stereocenters. The molecule has 6 nitrogen and oxygen atoms in total. The average Bonchev–Trinajstić information content (AvgIpc) is 3.04. The van der Waals surface area contributed by atoms with Crippen molar-refractivity contribution in [2.45, 2.75) is 64.5 Å². The Morgan fingerprint density at radius 2 is 1.96 bits per heavy atom. The first-order chi connectivity index (χ1) is 11.9. The molecule has 0 bridgehead atoms. The van der Waals surface area contributed by atoms with Gasteiger partial charge in [-0.2, -0.15) is 5.10 Å². The number of ether oxygens (including phenoxy) is 1. The van der Waals surface area contributed by atoms with Gasteiger partial charge in [0, 0.05) is 37.2 Å². The Hall–Kier alpha value is -1.69. The zero-order valence-corrected chi connectivity index (χ0v) is 15.5. The number of hydrogen-bond acceptors (Lipinski definition) is 4. The highest BCUT2D eigenvalue weighted by Crippen LogP contribution is 2.25. The number of carbonyl (C=O) groups is 1. The lowest BCUT2D eigenvalue weighted by Crippen LogP contribution is -2.44. The molecular weight excluding hydrogens is 318 g/mol. The van der Waals surface area contributed by atoms with Crippen LogP contribution in [0, 0.1) is 5.92 Å². The summed E-state index contributed by atoms with van der Waals surface area (Å²) in [7, 11) is 0. The topological polar surface area (TPSA) is 64.4 Å². The summed E-state index contributed by atoms with van der Waals surface area (Å²) in [6.07, 6.45) is 3.54. The van der Waals surface area contributed by atoms with Crippen molar-refractivity contribution >= 4 is 5.91 Å². The lowest BCUT2D eigenvalue weighted by molar-refractivity contribution is -0.139. The number of carbonyl (C=O) groups excluding carboxylic acids is 1. The van der Waals surface area contributed by atoms with Gasteiger partial charge in [0.05, 0.1) is 18.3 Å². The molecule has 0 aromatic carbocycles. The van der Waals surface area contributed by atoms with Gasteiger partial charge in [0.15, 0.2) is 0 Å². The maximum atomic E-state index is 12.9. The first-order valence-electron chi connectivity index (χ1n) is 9.33. The molecule has 0 aliphatic carbocycles. The van der Waals surface area contributed by atoms with Crippen molar-refractivity contribution in [1.29, 1.82) is 0 Å². The molecule has 0 saturated carbocycles. The number of amides is 1. The highest BCUT2D eigenvalue weighted by Gasteiger charge is 2.34. The lowest BCUT2D eigenvalue weighted by atomic mass is 9.92. The van der Waals surface area contributed by atoms with Gasteiger partial charge in [-0.1, -0.05) is 20.8 Å². The third kappa shape index (κ3) is 4.11. The van der Waals surface area contributed by atoms with Crippen molar-refractivity contribution in [3.05, 3.63) is 28.2 Å². The van der Waals surface area contributed by atoms with Crippen LogP contribution in [0.15, 0.2) is 16.9 Å². The number of hydrogen-bond donors (Lipinski definition) is 0. The Kier molecular flexibility index (Phi) is 5.27. The van der Waals surface area contributed by atoms with Crippen LogP contribution in [0.4, 0.5) is 0 Å². The Bertz CT molecular complexity index is 671. The smallest absolute Gasteiger partial charge is 0.266 e. The van der Waals surface area contributed by atoms with Crippen LogP contribution >= 0.6 is 0 Å². The third-order valence-corrected chi connectivity index (χ3v) is 5.25. The normalized spacial score (nSPS) is 22.4. The quantitative estimate of drug-likeness (QED) is 0.838. The molecule has 0 radical (unpaired) electrons. The largest absolute Gasteiger partial charge is 0.381 e. The van der Waals surface area contributed by atoms with E-state index in [2.05, 4.69) is 25.9 Å². The summed E-state index contributed by atoms with van der Waals surface area (Å²) in [5.74, 6) is 0.297. The van der Waals surface area contributed by atoms with E-state index >= 15 is 0 Å². The van der Waals surface area contributed by atoms with E-state index in [-0.39, 0.29) is 28.8 Å². The van der Waals surface area contributed by atoms with Crippen molar-refractivity contribution in [2.75, 3.05) is 19.8 Å². The van der Waals surface area contributed by atoms with Crippen molar-refractivity contribution in [3.8, 4) is 0 Å². The van der Waals surface area contributed by atoms with Gasteiger partial charge in [-0.05, 0) is 31.7 Å². The predicted molar refractivity (Wildman–Crippen MR) is 95.5 cm³/mol. The molecule has 0 N–H and O–H groups in total. The predicted octanol–water partition coefficient (Wildman–Crippen LogP) is 1.96. The minimum absolute atomic E-state index is 0.0655. The average molecular weight is 347 g/mol. The maximum absolute atomic E-state index is 12.9. The fourth-order valence-electron chi connectivity index (χ4n) is 3.67. The van der Waals surface area contributed by atoms with Crippen molar-refractivity contribution in [1.82, 2.24) is 14.7 Å². The van der Waals surface area contributed by atoms with Gasteiger partial charge in [-0.3, -0.25) is 9.59 Å². The fraction of sp³-hybridized carbons (Fsp3) is 0.737. The van der Waals surface area contributed by atoms with Crippen LogP contribution in [-0.2, 0) is 21.5 Å². The van der Waals surface area contributed by atoms with Gasteiger partial charge in [0.1, 0.15) is 0 Å². The van der Waals surface area contributed by atoms with Crippen LogP contribution in [0.1, 0.15) is 52.1 Å². The third-order valence-electron chi connectivity index (χ3n) is 5.25. The molecule has 25 heavy (non-hydrogen) atoms. The molecule has 3 heterocycles. The molecule has 2 aliphatic heterocycles. The summed E-state index contributed by atoms with van der Waals surface area (Å²) in [4.78, 5) is 27.1. The second-order valence-electron chi connectivity index (χ2n) is 8.20. The molecule has 1 atom stereocenters. The second-order valence-corrected chi connectivity index (χ2v) is 8.20. The number of likely N-dealkylation sites (tertiary alicyclic amines) is 1. The fourth-order valence-corrected chi connectivity index (χ4v) is 3.67. The van der Waals surface area contributed by atoms with Crippen molar-refractivity contribution < 1.29 is 9.53 Å². The van der Waals surface area contributed by atoms with Gasteiger partial charge < -0.3 is 9.64 Å². The number of aromatic nitrogens is 2. The minimum Gasteiger partial charge on any atom is -0.381 e. The minimum atomic E-state index is -0.108. The van der Waals surface area contributed by atoms with Crippen LogP contribution in [0.25, 0.3) is 0 Å². The summed E-state index contributed by atoms with van der Waals surface area (Å²) >= 11 is 0. The Balaban J connectivity index is 1.75. The van der Waals surface area contributed by atoms with Gasteiger partial charge >= 0.3 is 0 Å². The van der Waals surface area contributed by atoms with E-state index in [1.807, 2.05) is 4.90 Å². The van der Waals surface area contributed by atoms with E-state index < -0.39 is 0 Å². The Morgan fingerprint density at radius 1 is 1.24 bits per heavy atom. The summed E-state index contributed by atoms with van der Waals surface area (Å²) < 4.78 is 6.91. The zero-order chi connectivity index (χ0) is 18.0. The molecule has 2 aliphatic rings. The van der Waals surface area contributed by atoms with Gasteiger partial charge in [-0.25, -0.2) is 4.68 Å². The molecule has 2 saturated heterocycles. The highest BCUT2D eigenvalue weighted by atomic mass is 16.5. The summed E-state index contributed by atoms with van der Waals surface area (Å²) in [5, 5.41) is 4.56. The molecule has 138 valence electrons. The van der Waals surface area contributed by atoms with Crippen LogP contribution < -0.4 is 5.56 Å². The lowest BCUT2D eigenvalue weighted by Gasteiger charge is -2.31. The van der Waals surface area contributed by atoms with Gasteiger partial charge in [0.25, 0.3) is 5.56 Å². The van der Waals surface area contributed by atoms with E-state index in [0.717, 1.165) is 37.9 Å². The van der Waals surface area contributed by atoms with Crippen LogP contribution in [0.2, 0.25) is 0 Å². The van der Waals surface area contributed by atoms with Gasteiger partial charge in [-0.15, -0.1) is 0 Å². The number of rotatable bonds is 3. The Morgan fingerprint density at radius 3 is 2.64 bits per heavy atom. The molecule has 1 aromatic rings. The summed E-state index contributed by atoms with van der Waals surface area (Å²) in [6, 6.07) is 3.46. The molecule has 1 amide bonds. The van der Waals surface area contributed by atoms with Crippen LogP contribution in [0.3, 0.4) is 0 Å². The second kappa shape index (κ2) is 7.28. The van der Waals surface area contributed by atoms with E-state index in [1.165, 1.54) is 0 Å². The molecule has 6 heteroatoms. The van der Waals surface area contributed by atoms with E-state index in [0.29, 0.717) is 19.8 Å². The monoisotopic (exact) mass is 347 g/mol. The Labute approximate surface area is 149 Å². The molecular formula is C19H29N3O3. The van der Waals surface area contributed by atoms with Crippen molar-refractivity contribution in [3.63, 3.8) is 0 Å². The molecule has 3 rings (SSSR count). The molecule has 1 aromatic heterocycles. The van der Waals surface area contributed by atoms with Gasteiger partial charge in [0.2, 0.25) is 5.91 Å². The molecule has 2 fully saturated rings. The standard InChI is InChI=1S/C19H29N3O3/c1-19(2,3)16-6-7-17(23)22(20-16)13-15-5-4-10-21(15)18(24)14-8-11-25-12-9-14/h6-7,14-15H,4-5,8-13H2,1-3H3. The van der Waals surface area contributed by atoms with Crippen LogP contribution in [0.5, 0.6) is 0 Å². The van der Waals surface area contributed by atoms with Crippen LogP contribution in [-0.4, -0.2) is 46.4 Å². The first-order valence-corrected chi connectivity index (χ1v) is 9.33. The summed E-state index contributed by atoms with van der Waals surface area (Å²) in [5.41, 5.74) is 0.689. The SMILES string of the molecule is CC(C)(C)c1ccc(=O)n(CC2CCCN2C(=O)C2CCOCC2)n1. The van der Waals surface area contributed by atoms with E-state index in [9.17, 15) is 9.59 Å². The van der Waals surface area contributed by atoms with Crippen molar-refractivity contribution in [2.24, 2.45) is 5.92 Å². The molecule has 0 spiro atoms. The number of nitrogens with zero attached hydrogens (tertiary/aromatic N) is 3.